The zero-order valence-corrected chi connectivity index (χ0v) is 14.0. The molecule has 4 rings (SSSR count). The Kier molecular flexibility index (Phi) is 4.11. The van der Waals surface area contributed by atoms with Crippen LogP contribution in [0.1, 0.15) is 48.9 Å². The van der Waals surface area contributed by atoms with Gasteiger partial charge in [-0.05, 0) is 37.8 Å². The summed E-state index contributed by atoms with van der Waals surface area (Å²) in [6, 6.07) is 5.12. The van der Waals surface area contributed by atoms with Gasteiger partial charge in [0.15, 0.2) is 0 Å². The minimum atomic E-state index is -0.307. The molecule has 130 valence electrons. The van der Waals surface area contributed by atoms with Crippen molar-refractivity contribution in [2.45, 2.75) is 44.6 Å². The Morgan fingerprint density at radius 1 is 1.16 bits per heavy atom. The van der Waals surface area contributed by atoms with Crippen LogP contribution in [0.4, 0.5) is 0 Å². The van der Waals surface area contributed by atoms with Crippen molar-refractivity contribution in [3.8, 4) is 0 Å². The highest BCUT2D eigenvalue weighted by atomic mass is 16.2. The van der Waals surface area contributed by atoms with E-state index in [-0.39, 0.29) is 29.2 Å². The smallest absolute Gasteiger partial charge is 0.259 e. The maximum Gasteiger partial charge on any atom is 0.259 e. The number of hydrogen-bond acceptors (Lipinski definition) is 4. The standard InChI is InChI=1S/C19H21N3O3/c23-16-9-2-1-5-12(16)15-8-4-10-22(15)19(25)13-6-3-7-14-17(13)18(24)21-11-20-14/h3,6-7,11-12,15H,1-2,4-5,8-10H2,(H,20,21,24). The van der Waals surface area contributed by atoms with Gasteiger partial charge in [-0.3, -0.25) is 14.4 Å². The number of hydrogen-bond donors (Lipinski definition) is 1. The number of aromatic amines is 1. The number of carbonyl (C=O) groups excluding carboxylic acids is 2. The molecule has 25 heavy (non-hydrogen) atoms. The molecule has 1 saturated carbocycles. The van der Waals surface area contributed by atoms with Crippen LogP contribution in [0.15, 0.2) is 29.3 Å². The van der Waals surface area contributed by atoms with Crippen LogP contribution >= 0.6 is 0 Å². The van der Waals surface area contributed by atoms with Crippen molar-refractivity contribution in [3.05, 3.63) is 40.4 Å². The molecule has 0 bridgehead atoms. The second-order valence-electron chi connectivity index (χ2n) is 6.96. The molecule has 1 N–H and O–H groups in total. The number of carbonyl (C=O) groups is 2. The van der Waals surface area contributed by atoms with Gasteiger partial charge in [-0.25, -0.2) is 4.98 Å². The van der Waals surface area contributed by atoms with E-state index in [9.17, 15) is 14.4 Å². The van der Waals surface area contributed by atoms with Crippen molar-refractivity contribution in [1.29, 1.82) is 0 Å². The maximum atomic E-state index is 13.2. The molecule has 6 nitrogen and oxygen atoms in total. The topological polar surface area (TPSA) is 83.1 Å². The van der Waals surface area contributed by atoms with Crippen molar-refractivity contribution >= 4 is 22.6 Å². The Bertz CT molecular complexity index is 884. The van der Waals surface area contributed by atoms with Crippen LogP contribution in [-0.2, 0) is 4.79 Å². The third kappa shape index (κ3) is 2.75. The van der Waals surface area contributed by atoms with Crippen LogP contribution in [0.5, 0.6) is 0 Å². The summed E-state index contributed by atoms with van der Waals surface area (Å²) in [4.78, 5) is 46.3. The number of nitrogens with one attached hydrogen (secondary N) is 1. The first-order chi connectivity index (χ1) is 12.2. The number of fused-ring (bicyclic) bond motifs is 1. The van der Waals surface area contributed by atoms with Crippen molar-refractivity contribution in [2.75, 3.05) is 6.54 Å². The van der Waals surface area contributed by atoms with Crippen LogP contribution in [0.25, 0.3) is 10.9 Å². The molecule has 1 amide bonds. The molecule has 1 aliphatic carbocycles. The predicted octanol–water partition coefficient (Wildman–Crippen LogP) is 2.29. The SMILES string of the molecule is O=C1CCCCC1C1CCCN1C(=O)c1cccc2nc[nH]c(=O)c12. The fourth-order valence-corrected chi connectivity index (χ4v) is 4.33. The largest absolute Gasteiger partial charge is 0.335 e. The maximum absolute atomic E-state index is 13.2. The minimum Gasteiger partial charge on any atom is -0.335 e. The van der Waals surface area contributed by atoms with Gasteiger partial charge in [-0.15, -0.1) is 0 Å². The van der Waals surface area contributed by atoms with Crippen LogP contribution in [0, 0.1) is 5.92 Å². The van der Waals surface area contributed by atoms with Crippen LogP contribution in [-0.4, -0.2) is 39.1 Å². The van der Waals surface area contributed by atoms with Crippen molar-refractivity contribution in [3.63, 3.8) is 0 Å². The molecule has 1 saturated heterocycles. The number of aromatic nitrogens is 2. The highest BCUT2D eigenvalue weighted by Crippen LogP contribution is 2.33. The summed E-state index contributed by atoms with van der Waals surface area (Å²) in [5.74, 6) is 0.0740. The predicted molar refractivity (Wildman–Crippen MR) is 93.4 cm³/mol. The summed E-state index contributed by atoms with van der Waals surface area (Å²) in [6.07, 6.45) is 6.61. The number of ketones is 1. The van der Waals surface area contributed by atoms with Gasteiger partial charge in [0.1, 0.15) is 5.78 Å². The van der Waals surface area contributed by atoms with Gasteiger partial charge in [0.2, 0.25) is 0 Å². The Balaban J connectivity index is 1.71. The third-order valence-corrected chi connectivity index (χ3v) is 5.53. The summed E-state index contributed by atoms with van der Waals surface area (Å²) in [6.45, 7) is 0.641. The van der Waals surface area contributed by atoms with E-state index >= 15 is 0 Å². The number of nitrogens with zero attached hydrogens (tertiary/aromatic N) is 2. The summed E-state index contributed by atoms with van der Waals surface area (Å²) in [5, 5.41) is 0.329. The highest BCUT2D eigenvalue weighted by Gasteiger charge is 2.39. The molecule has 1 aromatic carbocycles. The summed E-state index contributed by atoms with van der Waals surface area (Å²) >= 11 is 0. The Hall–Kier alpha value is -2.50. The van der Waals surface area contributed by atoms with Crippen molar-refractivity contribution in [2.24, 2.45) is 5.92 Å². The molecule has 2 atom stereocenters. The number of likely N-dealkylation sites (tertiary alicyclic amines) is 1. The Labute approximate surface area is 145 Å². The zero-order valence-electron chi connectivity index (χ0n) is 14.0. The average Bonchev–Trinajstić information content (AvgIpc) is 3.11. The van der Waals surface area contributed by atoms with E-state index in [0.29, 0.717) is 29.4 Å². The molecule has 1 aromatic heterocycles. The van der Waals surface area contributed by atoms with E-state index in [4.69, 9.17) is 0 Å². The average molecular weight is 339 g/mol. The van der Waals surface area contributed by atoms with Crippen LogP contribution in [0.2, 0.25) is 0 Å². The molecular formula is C19H21N3O3. The summed E-state index contributed by atoms with van der Waals surface area (Å²) < 4.78 is 0. The molecule has 0 radical (unpaired) electrons. The lowest BCUT2D eigenvalue weighted by molar-refractivity contribution is -0.126. The summed E-state index contributed by atoms with van der Waals surface area (Å²) in [5.41, 5.74) is 0.583. The second kappa shape index (κ2) is 6.43. The van der Waals surface area contributed by atoms with Crippen LogP contribution in [0.3, 0.4) is 0 Å². The van der Waals surface area contributed by atoms with E-state index < -0.39 is 0 Å². The number of benzene rings is 1. The Morgan fingerprint density at radius 3 is 2.88 bits per heavy atom. The number of rotatable bonds is 2. The molecule has 0 spiro atoms. The minimum absolute atomic E-state index is 0.0358. The normalized spacial score (nSPS) is 24.0. The number of amides is 1. The van der Waals surface area contributed by atoms with Gasteiger partial charge in [-0.1, -0.05) is 12.5 Å². The monoisotopic (exact) mass is 339 g/mol. The molecular weight excluding hydrogens is 318 g/mol. The molecule has 2 aliphatic rings. The first-order valence-electron chi connectivity index (χ1n) is 8.97. The quantitative estimate of drug-likeness (QED) is 0.910. The Morgan fingerprint density at radius 2 is 2.04 bits per heavy atom. The lowest BCUT2D eigenvalue weighted by atomic mass is 9.81. The molecule has 6 heteroatoms. The van der Waals surface area contributed by atoms with E-state index in [2.05, 4.69) is 9.97 Å². The fourth-order valence-electron chi connectivity index (χ4n) is 4.33. The summed E-state index contributed by atoms with van der Waals surface area (Å²) in [7, 11) is 0. The number of Topliss-reactive ketones (excluding diaryl/α,β-unsaturated/α-hetero) is 1. The van der Waals surface area contributed by atoms with Gasteiger partial charge >= 0.3 is 0 Å². The lowest BCUT2D eigenvalue weighted by Gasteiger charge is -2.33. The lowest BCUT2D eigenvalue weighted by Crippen LogP contribution is -2.44. The first kappa shape index (κ1) is 16.0. The molecule has 2 aromatic rings. The van der Waals surface area contributed by atoms with Crippen molar-refractivity contribution < 1.29 is 9.59 Å². The molecule has 1 aliphatic heterocycles. The van der Waals surface area contributed by atoms with Gasteiger partial charge in [0, 0.05) is 24.9 Å². The molecule has 2 unspecified atom stereocenters. The first-order valence-corrected chi connectivity index (χ1v) is 8.97. The van der Waals surface area contributed by atoms with Crippen LogP contribution < -0.4 is 5.56 Å². The number of H-pyrrole nitrogens is 1. The van der Waals surface area contributed by atoms with E-state index in [1.807, 2.05) is 4.90 Å². The van der Waals surface area contributed by atoms with E-state index in [0.717, 1.165) is 32.1 Å². The van der Waals surface area contributed by atoms with Gasteiger partial charge in [-0.2, -0.15) is 0 Å². The second-order valence-corrected chi connectivity index (χ2v) is 6.96. The van der Waals surface area contributed by atoms with Gasteiger partial charge in [0.05, 0.1) is 22.8 Å². The highest BCUT2D eigenvalue weighted by molar-refractivity contribution is 6.06. The zero-order chi connectivity index (χ0) is 17.4. The van der Waals surface area contributed by atoms with Crippen molar-refractivity contribution in [1.82, 2.24) is 14.9 Å². The molecule has 2 heterocycles. The van der Waals surface area contributed by atoms with E-state index in [1.165, 1.54) is 6.33 Å². The van der Waals surface area contributed by atoms with Gasteiger partial charge < -0.3 is 9.88 Å². The molecule has 2 fully saturated rings. The fraction of sp³-hybridized carbons (Fsp3) is 0.474. The van der Waals surface area contributed by atoms with E-state index in [1.54, 1.807) is 18.2 Å². The third-order valence-electron chi connectivity index (χ3n) is 5.53. The van der Waals surface area contributed by atoms with Gasteiger partial charge in [0.25, 0.3) is 11.5 Å².